The topological polar surface area (TPSA) is 123 Å². The lowest BCUT2D eigenvalue weighted by Crippen LogP contribution is -2.36. The minimum atomic E-state index is -0.527. The summed E-state index contributed by atoms with van der Waals surface area (Å²) in [6.45, 7) is 2.13. The van der Waals surface area contributed by atoms with E-state index < -0.39 is 10.8 Å². The number of nitrogens with one attached hydrogen (secondary N) is 1. The molecule has 0 saturated heterocycles. The predicted octanol–water partition coefficient (Wildman–Crippen LogP) is 5.79. The van der Waals surface area contributed by atoms with E-state index >= 15 is 0 Å². The van der Waals surface area contributed by atoms with E-state index in [9.17, 15) is 19.7 Å². The lowest BCUT2D eigenvalue weighted by molar-refractivity contribution is -0.385. The Morgan fingerprint density at radius 2 is 1.88 bits per heavy atom. The predicted molar refractivity (Wildman–Crippen MR) is 158 cm³/mol. The van der Waals surface area contributed by atoms with Crippen LogP contribution in [0, 0.1) is 17.0 Å². The lowest BCUT2D eigenvalue weighted by atomic mass is 10.0. The number of hydrogen-bond acceptors (Lipinski definition) is 7. The summed E-state index contributed by atoms with van der Waals surface area (Å²) in [6, 6.07) is 17.3. The number of aromatic nitrogens is 3. The number of nitro groups is 1. The number of carbonyl (C=O) groups excluding carboxylic acids is 2. The Bertz CT molecular complexity index is 1660. The van der Waals surface area contributed by atoms with Crippen LogP contribution in [0.3, 0.4) is 0 Å². The average Bonchev–Trinajstić information content (AvgIpc) is 3.38. The number of rotatable bonds is 8. The molecular formula is C28H24Cl2N6O4S. The Morgan fingerprint density at radius 3 is 2.66 bits per heavy atom. The number of thioether (sulfide) groups is 1. The van der Waals surface area contributed by atoms with Crippen LogP contribution in [-0.4, -0.2) is 43.8 Å². The smallest absolute Gasteiger partial charge is 0.273 e. The zero-order valence-electron chi connectivity index (χ0n) is 21.8. The molecule has 0 fully saturated rings. The van der Waals surface area contributed by atoms with Gasteiger partial charge in [-0.25, -0.2) is 0 Å². The van der Waals surface area contributed by atoms with Crippen LogP contribution in [0.1, 0.15) is 33.7 Å². The maximum absolute atomic E-state index is 13.3. The zero-order chi connectivity index (χ0) is 29.1. The van der Waals surface area contributed by atoms with Gasteiger partial charge in [-0.15, -0.1) is 10.2 Å². The molecule has 2 amide bonds. The summed E-state index contributed by atoms with van der Waals surface area (Å²) in [5.74, 6) is -0.0597. The SMILES string of the molecule is Cc1c(C(=O)NCc2nnc(SCC(=O)N3CCCc4ccccc43)n2-c2ccc(Cl)c(Cl)c2)cccc1[N+](=O)[O-]. The van der Waals surface area contributed by atoms with Crippen LogP contribution in [0.15, 0.2) is 65.8 Å². The Labute approximate surface area is 249 Å². The van der Waals surface area contributed by atoms with Crippen LogP contribution in [-0.2, 0) is 17.8 Å². The molecule has 1 N–H and O–H groups in total. The third kappa shape index (κ3) is 6.07. The first-order valence-electron chi connectivity index (χ1n) is 12.7. The number of fused-ring (bicyclic) bond motifs is 1. The molecule has 2 heterocycles. The number of aryl methyl sites for hydroxylation is 1. The summed E-state index contributed by atoms with van der Waals surface area (Å²) >= 11 is 13.7. The quantitative estimate of drug-likeness (QED) is 0.152. The lowest BCUT2D eigenvalue weighted by Gasteiger charge is -2.29. The van der Waals surface area contributed by atoms with E-state index in [-0.39, 0.29) is 35.0 Å². The third-order valence-electron chi connectivity index (χ3n) is 6.75. The van der Waals surface area contributed by atoms with E-state index in [1.165, 1.54) is 36.9 Å². The van der Waals surface area contributed by atoms with Gasteiger partial charge in [0.25, 0.3) is 11.6 Å². The second kappa shape index (κ2) is 12.3. The van der Waals surface area contributed by atoms with E-state index in [1.807, 2.05) is 24.3 Å². The monoisotopic (exact) mass is 610 g/mol. The van der Waals surface area contributed by atoms with Crippen molar-refractivity contribution in [1.29, 1.82) is 0 Å². The minimum Gasteiger partial charge on any atom is -0.345 e. The van der Waals surface area contributed by atoms with Crippen molar-refractivity contribution in [1.82, 2.24) is 20.1 Å². The second-order valence-electron chi connectivity index (χ2n) is 9.29. The summed E-state index contributed by atoms with van der Waals surface area (Å²) in [5, 5.41) is 23.8. The number of hydrogen-bond donors (Lipinski definition) is 1. The average molecular weight is 612 g/mol. The van der Waals surface area contributed by atoms with Gasteiger partial charge in [0.05, 0.1) is 33.0 Å². The van der Waals surface area contributed by atoms with Gasteiger partial charge in [-0.2, -0.15) is 0 Å². The van der Waals surface area contributed by atoms with Gasteiger partial charge in [-0.1, -0.05) is 59.2 Å². The van der Waals surface area contributed by atoms with Crippen LogP contribution < -0.4 is 10.2 Å². The van der Waals surface area contributed by atoms with Crippen molar-refractivity contribution in [2.24, 2.45) is 0 Å². The van der Waals surface area contributed by atoms with E-state index in [4.69, 9.17) is 23.2 Å². The van der Waals surface area contributed by atoms with E-state index in [0.29, 0.717) is 33.3 Å². The fourth-order valence-corrected chi connectivity index (χ4v) is 5.85. The van der Waals surface area contributed by atoms with Crippen molar-refractivity contribution in [2.75, 3.05) is 17.2 Å². The van der Waals surface area contributed by atoms with E-state index in [2.05, 4.69) is 15.5 Å². The molecule has 3 aromatic carbocycles. The number of halogens is 2. The van der Waals surface area contributed by atoms with Crippen molar-refractivity contribution < 1.29 is 14.5 Å². The number of carbonyl (C=O) groups is 2. The fourth-order valence-electron chi connectivity index (χ4n) is 4.71. The van der Waals surface area contributed by atoms with Gasteiger partial charge in [0, 0.05) is 29.4 Å². The molecule has 1 aromatic heterocycles. The van der Waals surface area contributed by atoms with Gasteiger partial charge < -0.3 is 10.2 Å². The highest BCUT2D eigenvalue weighted by Gasteiger charge is 2.24. The second-order valence-corrected chi connectivity index (χ2v) is 11.0. The van der Waals surface area contributed by atoms with Crippen molar-refractivity contribution in [3.05, 3.63) is 103 Å². The van der Waals surface area contributed by atoms with Gasteiger partial charge in [0.1, 0.15) is 0 Å². The minimum absolute atomic E-state index is 0.0395. The summed E-state index contributed by atoms with van der Waals surface area (Å²) in [6.07, 6.45) is 1.82. The van der Waals surface area contributed by atoms with Gasteiger partial charge >= 0.3 is 0 Å². The van der Waals surface area contributed by atoms with Crippen LogP contribution in [0.5, 0.6) is 0 Å². The Balaban J connectivity index is 1.38. The molecule has 4 aromatic rings. The third-order valence-corrected chi connectivity index (χ3v) is 8.40. The van der Waals surface area contributed by atoms with Crippen molar-refractivity contribution in [3.63, 3.8) is 0 Å². The molecule has 10 nitrogen and oxygen atoms in total. The molecule has 210 valence electrons. The molecular weight excluding hydrogens is 587 g/mol. The number of para-hydroxylation sites is 1. The van der Waals surface area contributed by atoms with Gasteiger partial charge in [0.15, 0.2) is 11.0 Å². The highest BCUT2D eigenvalue weighted by Crippen LogP contribution is 2.31. The van der Waals surface area contributed by atoms with Crippen LogP contribution in [0.4, 0.5) is 11.4 Å². The van der Waals surface area contributed by atoms with Gasteiger partial charge in [0.2, 0.25) is 5.91 Å². The molecule has 0 saturated carbocycles. The summed E-state index contributed by atoms with van der Waals surface area (Å²) in [4.78, 5) is 38.8. The van der Waals surface area contributed by atoms with Crippen molar-refractivity contribution >= 4 is 58.2 Å². The molecule has 1 aliphatic heterocycles. The molecule has 41 heavy (non-hydrogen) atoms. The molecule has 1 aliphatic rings. The molecule has 13 heteroatoms. The Morgan fingerprint density at radius 1 is 1.07 bits per heavy atom. The first kappa shape index (κ1) is 28.6. The molecule has 0 aliphatic carbocycles. The van der Waals surface area contributed by atoms with Crippen LogP contribution in [0.25, 0.3) is 5.69 Å². The van der Waals surface area contributed by atoms with Crippen molar-refractivity contribution in [3.8, 4) is 5.69 Å². The van der Waals surface area contributed by atoms with E-state index in [1.54, 1.807) is 27.7 Å². The Hall–Kier alpha value is -3.93. The highest BCUT2D eigenvalue weighted by molar-refractivity contribution is 7.99. The van der Waals surface area contributed by atoms with Gasteiger partial charge in [-0.05, 0) is 55.7 Å². The summed E-state index contributed by atoms with van der Waals surface area (Å²) in [7, 11) is 0. The van der Waals surface area contributed by atoms with E-state index in [0.717, 1.165) is 24.1 Å². The standard InChI is InChI=1S/C28H24Cl2N6O4S/c1-17-20(8-4-10-23(17)36(39)40)27(38)31-15-25-32-33-28(35(25)19-11-12-21(29)22(30)14-19)41-16-26(37)34-13-5-7-18-6-2-3-9-24(18)34/h2-4,6,8-12,14H,5,7,13,15-16H2,1H3,(H,31,38). The maximum atomic E-state index is 13.3. The first-order chi connectivity index (χ1) is 19.7. The molecule has 5 rings (SSSR count). The number of nitro benzene ring substituents is 1. The number of nitrogens with zero attached hydrogens (tertiary/aromatic N) is 5. The molecule has 0 bridgehead atoms. The van der Waals surface area contributed by atoms with Gasteiger partial charge in [-0.3, -0.25) is 24.3 Å². The highest BCUT2D eigenvalue weighted by atomic mass is 35.5. The molecule has 0 radical (unpaired) electrons. The number of anilines is 1. The molecule has 0 spiro atoms. The first-order valence-corrected chi connectivity index (χ1v) is 14.4. The summed E-state index contributed by atoms with van der Waals surface area (Å²) < 4.78 is 1.70. The normalized spacial score (nSPS) is 12.6. The Kier molecular flexibility index (Phi) is 8.57. The maximum Gasteiger partial charge on any atom is 0.273 e. The summed E-state index contributed by atoms with van der Waals surface area (Å²) in [5.41, 5.74) is 2.97. The van der Waals surface area contributed by atoms with Crippen LogP contribution in [0.2, 0.25) is 10.0 Å². The van der Waals surface area contributed by atoms with Crippen LogP contribution >= 0.6 is 35.0 Å². The fraction of sp³-hybridized carbons (Fsp3) is 0.214. The number of benzene rings is 3. The zero-order valence-corrected chi connectivity index (χ0v) is 24.2. The molecule has 0 atom stereocenters. The van der Waals surface area contributed by atoms with Crippen molar-refractivity contribution in [2.45, 2.75) is 31.5 Å². The molecule has 0 unspecified atom stereocenters. The number of amides is 2. The largest absolute Gasteiger partial charge is 0.345 e.